The molecule has 3 rings (SSSR count). The minimum atomic E-state index is -0.477. The average Bonchev–Trinajstić information content (AvgIpc) is 3.12. The molecule has 0 spiro atoms. The van der Waals surface area contributed by atoms with E-state index in [-0.39, 0.29) is 24.7 Å². The Labute approximate surface area is 151 Å². The molecule has 1 aromatic carbocycles. The number of benzene rings is 1. The predicted octanol–water partition coefficient (Wildman–Crippen LogP) is 1.35. The van der Waals surface area contributed by atoms with Gasteiger partial charge in [-0.15, -0.1) is 0 Å². The second-order valence-electron chi connectivity index (χ2n) is 6.45. The highest BCUT2D eigenvalue weighted by Crippen LogP contribution is 2.36. The molecule has 8 nitrogen and oxygen atoms in total. The van der Waals surface area contributed by atoms with E-state index >= 15 is 0 Å². The third-order valence-electron chi connectivity index (χ3n) is 4.58. The van der Waals surface area contributed by atoms with Gasteiger partial charge in [0, 0.05) is 18.4 Å². The van der Waals surface area contributed by atoms with Gasteiger partial charge in [0.15, 0.2) is 11.6 Å². The zero-order valence-corrected chi connectivity index (χ0v) is 14.7. The lowest BCUT2D eigenvalue weighted by atomic mass is 9.77. The van der Waals surface area contributed by atoms with Crippen molar-refractivity contribution in [3.8, 4) is 5.75 Å². The number of ether oxygens (including phenoxy) is 1. The summed E-state index contributed by atoms with van der Waals surface area (Å²) in [6.45, 7) is -0.0633. The van der Waals surface area contributed by atoms with Crippen LogP contribution in [0.25, 0.3) is 0 Å². The van der Waals surface area contributed by atoms with Crippen molar-refractivity contribution in [2.24, 2.45) is 5.73 Å². The van der Waals surface area contributed by atoms with Gasteiger partial charge in [0.05, 0.1) is 19.2 Å². The molecule has 8 heteroatoms. The molecule has 1 aromatic heterocycles. The summed E-state index contributed by atoms with van der Waals surface area (Å²) in [6, 6.07) is 6.73. The molecule has 1 amide bonds. The number of methoxy groups -OCH3 is 1. The molecular formula is C18H22N4O4. The number of Topliss-reactive ketones (excluding diaryl/α,β-unsaturated/α-hetero) is 1. The minimum absolute atomic E-state index is 0.0633. The Kier molecular flexibility index (Phi) is 5.32. The summed E-state index contributed by atoms with van der Waals surface area (Å²) < 4.78 is 10.2. The highest BCUT2D eigenvalue weighted by molar-refractivity contribution is 5.99. The van der Waals surface area contributed by atoms with Crippen LogP contribution >= 0.6 is 0 Å². The molecular weight excluding hydrogens is 336 g/mol. The molecule has 1 fully saturated rings. The minimum Gasteiger partial charge on any atom is -0.497 e. The van der Waals surface area contributed by atoms with Crippen LogP contribution in [0.15, 0.2) is 28.8 Å². The lowest BCUT2D eigenvalue weighted by Crippen LogP contribution is -2.44. The SMILES string of the molecule is COc1ccc(C(=O)CNC(=O)CCc2nc(C3(N)CCC3)no2)cc1. The third kappa shape index (κ3) is 4.08. The summed E-state index contributed by atoms with van der Waals surface area (Å²) in [7, 11) is 1.56. The molecule has 0 aliphatic heterocycles. The Balaban J connectivity index is 1.43. The van der Waals surface area contributed by atoms with Gasteiger partial charge in [-0.2, -0.15) is 4.98 Å². The number of carbonyl (C=O) groups excluding carboxylic acids is 2. The molecule has 138 valence electrons. The number of hydrogen-bond acceptors (Lipinski definition) is 7. The molecule has 1 saturated carbocycles. The third-order valence-corrected chi connectivity index (χ3v) is 4.58. The smallest absolute Gasteiger partial charge is 0.227 e. The summed E-state index contributed by atoms with van der Waals surface area (Å²) >= 11 is 0. The first-order valence-corrected chi connectivity index (χ1v) is 8.56. The molecule has 0 unspecified atom stereocenters. The topological polar surface area (TPSA) is 120 Å². The maximum atomic E-state index is 12.1. The van der Waals surface area contributed by atoms with Crippen molar-refractivity contribution in [1.82, 2.24) is 15.5 Å². The summed E-state index contributed by atoms with van der Waals surface area (Å²) in [5.74, 6) is 1.14. The van der Waals surface area contributed by atoms with Gasteiger partial charge in [0.25, 0.3) is 0 Å². The van der Waals surface area contributed by atoms with Crippen molar-refractivity contribution >= 4 is 11.7 Å². The van der Waals surface area contributed by atoms with Gasteiger partial charge in [-0.05, 0) is 43.5 Å². The monoisotopic (exact) mass is 358 g/mol. The number of rotatable bonds is 8. The summed E-state index contributed by atoms with van der Waals surface area (Å²) in [6.07, 6.45) is 3.23. The molecule has 0 bridgehead atoms. The van der Waals surface area contributed by atoms with Gasteiger partial charge in [-0.3, -0.25) is 9.59 Å². The number of nitrogens with two attached hydrogens (primary N) is 1. The van der Waals surface area contributed by atoms with Crippen LogP contribution in [0.3, 0.4) is 0 Å². The number of nitrogens with one attached hydrogen (secondary N) is 1. The number of aryl methyl sites for hydroxylation is 1. The van der Waals surface area contributed by atoms with E-state index in [1.165, 1.54) is 0 Å². The highest BCUT2D eigenvalue weighted by Gasteiger charge is 2.38. The van der Waals surface area contributed by atoms with Gasteiger partial charge < -0.3 is 20.3 Å². The van der Waals surface area contributed by atoms with Crippen LogP contribution in [-0.4, -0.2) is 35.5 Å². The molecule has 1 heterocycles. The number of nitrogens with zero attached hydrogens (tertiary/aromatic N) is 2. The van der Waals surface area contributed by atoms with Crippen LogP contribution in [-0.2, 0) is 16.8 Å². The lowest BCUT2D eigenvalue weighted by Gasteiger charge is -2.34. The molecule has 0 radical (unpaired) electrons. The summed E-state index contributed by atoms with van der Waals surface area (Å²) in [4.78, 5) is 28.3. The second kappa shape index (κ2) is 7.65. The summed E-state index contributed by atoms with van der Waals surface area (Å²) in [5, 5.41) is 6.51. The Morgan fingerprint density at radius 2 is 2.04 bits per heavy atom. The van der Waals surface area contributed by atoms with E-state index in [4.69, 9.17) is 15.0 Å². The van der Waals surface area contributed by atoms with Crippen molar-refractivity contribution in [3.63, 3.8) is 0 Å². The Bertz CT molecular complexity index is 781. The zero-order chi connectivity index (χ0) is 18.6. The lowest BCUT2D eigenvalue weighted by molar-refractivity contribution is -0.120. The van der Waals surface area contributed by atoms with Crippen LogP contribution in [0.4, 0.5) is 0 Å². The van der Waals surface area contributed by atoms with Crippen LogP contribution < -0.4 is 15.8 Å². The largest absolute Gasteiger partial charge is 0.497 e. The number of aromatic nitrogens is 2. The van der Waals surface area contributed by atoms with Crippen molar-refractivity contribution < 1.29 is 18.8 Å². The fourth-order valence-electron chi connectivity index (χ4n) is 2.71. The maximum Gasteiger partial charge on any atom is 0.227 e. The van der Waals surface area contributed by atoms with E-state index in [0.717, 1.165) is 19.3 Å². The van der Waals surface area contributed by atoms with Gasteiger partial charge >= 0.3 is 0 Å². The van der Waals surface area contributed by atoms with Crippen molar-refractivity contribution in [3.05, 3.63) is 41.5 Å². The fourth-order valence-corrected chi connectivity index (χ4v) is 2.71. The van der Waals surface area contributed by atoms with Crippen molar-refractivity contribution in [2.75, 3.05) is 13.7 Å². The van der Waals surface area contributed by atoms with E-state index in [2.05, 4.69) is 15.5 Å². The van der Waals surface area contributed by atoms with Gasteiger partial charge in [0.1, 0.15) is 5.75 Å². The molecule has 2 aromatic rings. The predicted molar refractivity (Wildman–Crippen MR) is 92.7 cm³/mol. The Morgan fingerprint density at radius 1 is 1.31 bits per heavy atom. The van der Waals surface area contributed by atoms with Gasteiger partial charge in [-0.25, -0.2) is 0 Å². The molecule has 0 saturated heterocycles. The first-order valence-electron chi connectivity index (χ1n) is 8.56. The van der Waals surface area contributed by atoms with E-state index in [1.54, 1.807) is 31.4 Å². The fraction of sp³-hybridized carbons (Fsp3) is 0.444. The first-order chi connectivity index (χ1) is 12.5. The quantitative estimate of drug-likeness (QED) is 0.683. The maximum absolute atomic E-state index is 12.1. The molecule has 1 aliphatic rings. The number of ketones is 1. The molecule has 3 N–H and O–H groups in total. The van der Waals surface area contributed by atoms with E-state index in [0.29, 0.717) is 29.4 Å². The second-order valence-corrected chi connectivity index (χ2v) is 6.45. The van der Waals surface area contributed by atoms with E-state index < -0.39 is 5.54 Å². The van der Waals surface area contributed by atoms with Crippen LogP contribution in [0.5, 0.6) is 5.75 Å². The van der Waals surface area contributed by atoms with E-state index in [9.17, 15) is 9.59 Å². The number of carbonyl (C=O) groups is 2. The van der Waals surface area contributed by atoms with Crippen molar-refractivity contribution in [1.29, 1.82) is 0 Å². The number of amides is 1. The van der Waals surface area contributed by atoms with Gasteiger partial charge in [-0.1, -0.05) is 5.16 Å². The van der Waals surface area contributed by atoms with Crippen molar-refractivity contribution in [2.45, 2.75) is 37.6 Å². The van der Waals surface area contributed by atoms with Crippen LogP contribution in [0.1, 0.15) is 47.8 Å². The highest BCUT2D eigenvalue weighted by atomic mass is 16.5. The average molecular weight is 358 g/mol. The normalized spacial score (nSPS) is 15.2. The standard InChI is InChI=1S/C18H22N4O4/c1-25-13-5-3-12(4-6-13)14(23)11-20-15(24)7-8-16-21-17(22-26-16)18(19)9-2-10-18/h3-6H,2,7-11,19H2,1H3,(H,20,24). The molecule has 0 atom stereocenters. The van der Waals surface area contributed by atoms with Gasteiger partial charge in [0.2, 0.25) is 11.8 Å². The van der Waals surface area contributed by atoms with Crippen LogP contribution in [0.2, 0.25) is 0 Å². The summed E-state index contributed by atoms with van der Waals surface area (Å²) in [5.41, 5.74) is 6.18. The zero-order valence-electron chi connectivity index (χ0n) is 14.7. The van der Waals surface area contributed by atoms with E-state index in [1.807, 2.05) is 0 Å². The molecule has 1 aliphatic carbocycles. The number of hydrogen-bond donors (Lipinski definition) is 2. The Hall–Kier alpha value is -2.74. The first kappa shape index (κ1) is 18.1. The Morgan fingerprint density at radius 3 is 2.65 bits per heavy atom. The molecule has 26 heavy (non-hydrogen) atoms. The van der Waals surface area contributed by atoms with Crippen LogP contribution in [0, 0.1) is 0 Å².